The molecule has 4 nitrogen and oxygen atoms in total. The van der Waals surface area contributed by atoms with E-state index in [4.69, 9.17) is 11.6 Å². The third kappa shape index (κ3) is 2.90. The molecule has 0 aliphatic rings. The van der Waals surface area contributed by atoms with Crippen LogP contribution in [0.3, 0.4) is 0 Å². The maximum atomic E-state index is 13.3. The van der Waals surface area contributed by atoms with Gasteiger partial charge in [-0.1, -0.05) is 53.2 Å². The van der Waals surface area contributed by atoms with Crippen molar-refractivity contribution in [2.24, 2.45) is 0 Å². The fraction of sp³-hybridized carbons (Fsp3) is 0. The van der Waals surface area contributed by atoms with Gasteiger partial charge in [0, 0.05) is 5.56 Å². The Morgan fingerprint density at radius 3 is 2.60 bits per heavy atom. The van der Waals surface area contributed by atoms with Gasteiger partial charge in [-0.15, -0.1) is 5.10 Å². The third-order valence-electron chi connectivity index (χ3n) is 3.91. The second kappa shape index (κ2) is 6.11. The van der Waals surface area contributed by atoms with Crippen molar-refractivity contribution in [3.63, 3.8) is 0 Å². The number of carbonyl (C=O) groups is 1. The van der Waals surface area contributed by atoms with Crippen LogP contribution >= 0.6 is 11.6 Å². The van der Waals surface area contributed by atoms with E-state index >= 15 is 0 Å². The van der Waals surface area contributed by atoms with Gasteiger partial charge in [0.2, 0.25) is 5.78 Å². The van der Waals surface area contributed by atoms with E-state index in [0.717, 1.165) is 10.8 Å². The molecule has 1 aromatic heterocycles. The summed E-state index contributed by atoms with van der Waals surface area (Å²) in [5.74, 6) is -0.747. The zero-order chi connectivity index (χ0) is 17.4. The van der Waals surface area contributed by atoms with Gasteiger partial charge in [0.05, 0.1) is 16.9 Å². The summed E-state index contributed by atoms with van der Waals surface area (Å²) >= 11 is 5.78. The SMILES string of the molecule is O=C(c1ccc2ccccc2c1)c1cn(-c2ccc(F)c(Cl)c2)nn1. The zero-order valence-corrected chi connectivity index (χ0v) is 13.6. The topological polar surface area (TPSA) is 47.8 Å². The minimum Gasteiger partial charge on any atom is -0.287 e. The molecule has 0 radical (unpaired) electrons. The first-order valence-electron chi connectivity index (χ1n) is 7.53. The summed E-state index contributed by atoms with van der Waals surface area (Å²) in [5, 5.41) is 9.88. The van der Waals surface area contributed by atoms with E-state index in [1.807, 2.05) is 36.4 Å². The van der Waals surface area contributed by atoms with Gasteiger partial charge >= 0.3 is 0 Å². The molecule has 3 aromatic carbocycles. The number of halogens is 2. The number of rotatable bonds is 3. The summed E-state index contributed by atoms with van der Waals surface area (Å²) in [4.78, 5) is 12.7. The van der Waals surface area contributed by atoms with Crippen molar-refractivity contribution in [2.45, 2.75) is 0 Å². The van der Waals surface area contributed by atoms with Gasteiger partial charge in [0.25, 0.3) is 0 Å². The first kappa shape index (κ1) is 15.5. The molecule has 6 heteroatoms. The summed E-state index contributed by atoms with van der Waals surface area (Å²) in [5.41, 5.74) is 1.26. The van der Waals surface area contributed by atoms with Gasteiger partial charge in [-0.05, 0) is 35.0 Å². The molecule has 0 atom stereocenters. The molecule has 0 aliphatic carbocycles. The van der Waals surface area contributed by atoms with Crippen molar-refractivity contribution in [2.75, 3.05) is 0 Å². The summed E-state index contributed by atoms with van der Waals surface area (Å²) < 4.78 is 14.7. The Hall–Kier alpha value is -3.05. The molecule has 0 fully saturated rings. The van der Waals surface area contributed by atoms with Crippen LogP contribution in [0.5, 0.6) is 0 Å². The first-order valence-corrected chi connectivity index (χ1v) is 7.91. The van der Waals surface area contributed by atoms with Crippen molar-refractivity contribution in [1.29, 1.82) is 0 Å². The maximum absolute atomic E-state index is 13.3. The van der Waals surface area contributed by atoms with Crippen LogP contribution in [-0.2, 0) is 0 Å². The summed E-state index contributed by atoms with van der Waals surface area (Å²) in [7, 11) is 0. The quantitative estimate of drug-likeness (QED) is 0.512. The van der Waals surface area contributed by atoms with Crippen LogP contribution in [0.25, 0.3) is 16.5 Å². The molecule has 0 saturated carbocycles. The predicted octanol–water partition coefficient (Wildman–Crippen LogP) is 4.44. The number of carbonyl (C=O) groups excluding carboxylic acids is 1. The largest absolute Gasteiger partial charge is 0.287 e. The Morgan fingerprint density at radius 2 is 1.80 bits per heavy atom. The highest BCUT2D eigenvalue weighted by molar-refractivity contribution is 6.30. The van der Waals surface area contributed by atoms with Crippen LogP contribution in [0.1, 0.15) is 16.1 Å². The number of aromatic nitrogens is 3. The van der Waals surface area contributed by atoms with Crippen LogP contribution in [0.2, 0.25) is 5.02 Å². The molecule has 0 aliphatic heterocycles. The lowest BCUT2D eigenvalue weighted by Crippen LogP contribution is -2.01. The van der Waals surface area contributed by atoms with Crippen molar-refractivity contribution in [3.05, 3.63) is 89.0 Å². The molecule has 122 valence electrons. The fourth-order valence-corrected chi connectivity index (χ4v) is 2.77. The van der Waals surface area contributed by atoms with Crippen molar-refractivity contribution < 1.29 is 9.18 Å². The number of fused-ring (bicyclic) bond motifs is 1. The van der Waals surface area contributed by atoms with Gasteiger partial charge in [-0.3, -0.25) is 4.79 Å². The zero-order valence-electron chi connectivity index (χ0n) is 12.9. The highest BCUT2D eigenvalue weighted by Crippen LogP contribution is 2.20. The summed E-state index contributed by atoms with van der Waals surface area (Å²) in [6.07, 6.45) is 1.50. The molecule has 0 spiro atoms. The molecule has 0 saturated heterocycles. The lowest BCUT2D eigenvalue weighted by atomic mass is 10.0. The van der Waals surface area contributed by atoms with Gasteiger partial charge in [0.1, 0.15) is 5.82 Å². The molecule has 0 amide bonds. The molecule has 0 unspecified atom stereocenters. The van der Waals surface area contributed by atoms with Crippen molar-refractivity contribution >= 4 is 28.2 Å². The van der Waals surface area contributed by atoms with E-state index < -0.39 is 5.82 Å². The summed E-state index contributed by atoms with van der Waals surface area (Å²) in [6.45, 7) is 0. The Bertz CT molecular complexity index is 1110. The van der Waals surface area contributed by atoms with E-state index in [1.165, 1.54) is 29.1 Å². The van der Waals surface area contributed by atoms with Crippen LogP contribution in [0.15, 0.2) is 66.9 Å². The normalized spacial score (nSPS) is 11.0. The molecule has 4 rings (SSSR count). The average molecular weight is 352 g/mol. The number of hydrogen-bond donors (Lipinski definition) is 0. The Labute approximate surface area is 147 Å². The number of ketones is 1. The fourth-order valence-electron chi connectivity index (χ4n) is 2.60. The van der Waals surface area contributed by atoms with E-state index in [-0.39, 0.29) is 16.5 Å². The second-order valence-corrected chi connectivity index (χ2v) is 5.95. The predicted molar refractivity (Wildman–Crippen MR) is 93.7 cm³/mol. The van der Waals surface area contributed by atoms with E-state index in [2.05, 4.69) is 10.3 Å². The van der Waals surface area contributed by atoms with E-state index in [1.54, 1.807) is 6.07 Å². The lowest BCUT2D eigenvalue weighted by molar-refractivity contribution is 0.103. The van der Waals surface area contributed by atoms with Crippen LogP contribution in [-0.4, -0.2) is 20.8 Å². The lowest BCUT2D eigenvalue weighted by Gasteiger charge is -2.02. The minimum atomic E-state index is -0.516. The number of hydrogen-bond acceptors (Lipinski definition) is 3. The maximum Gasteiger partial charge on any atom is 0.214 e. The highest BCUT2D eigenvalue weighted by Gasteiger charge is 2.15. The molecule has 0 N–H and O–H groups in total. The Balaban J connectivity index is 1.68. The van der Waals surface area contributed by atoms with Gasteiger partial charge in [-0.2, -0.15) is 0 Å². The molecule has 1 heterocycles. The standard InChI is InChI=1S/C19H11ClFN3O/c20-16-10-15(7-8-17(16)21)24-11-18(22-23-24)19(25)14-6-5-12-3-1-2-4-13(12)9-14/h1-11H. The molecular weight excluding hydrogens is 341 g/mol. The highest BCUT2D eigenvalue weighted by atomic mass is 35.5. The Kier molecular flexibility index (Phi) is 3.78. The number of benzene rings is 3. The van der Waals surface area contributed by atoms with Gasteiger partial charge in [-0.25, -0.2) is 9.07 Å². The van der Waals surface area contributed by atoms with E-state index in [0.29, 0.717) is 11.3 Å². The van der Waals surface area contributed by atoms with Crippen LogP contribution < -0.4 is 0 Å². The Morgan fingerprint density at radius 1 is 1.00 bits per heavy atom. The van der Waals surface area contributed by atoms with Crippen molar-refractivity contribution in [1.82, 2.24) is 15.0 Å². The average Bonchev–Trinajstić information content (AvgIpc) is 3.13. The number of nitrogens with zero attached hydrogens (tertiary/aromatic N) is 3. The van der Waals surface area contributed by atoms with Gasteiger partial charge in [0.15, 0.2) is 5.69 Å². The second-order valence-electron chi connectivity index (χ2n) is 5.54. The molecule has 0 bridgehead atoms. The monoisotopic (exact) mass is 351 g/mol. The molecule has 25 heavy (non-hydrogen) atoms. The first-order chi connectivity index (χ1) is 12.1. The third-order valence-corrected chi connectivity index (χ3v) is 4.20. The molecular formula is C19H11ClFN3O. The summed E-state index contributed by atoms with van der Waals surface area (Å²) in [6, 6.07) is 17.5. The smallest absolute Gasteiger partial charge is 0.214 e. The van der Waals surface area contributed by atoms with Crippen LogP contribution in [0, 0.1) is 5.82 Å². The van der Waals surface area contributed by atoms with Crippen LogP contribution in [0.4, 0.5) is 4.39 Å². The molecule has 4 aromatic rings. The van der Waals surface area contributed by atoms with Gasteiger partial charge < -0.3 is 0 Å². The van der Waals surface area contributed by atoms with Crippen molar-refractivity contribution in [3.8, 4) is 5.69 Å². The van der Waals surface area contributed by atoms with E-state index in [9.17, 15) is 9.18 Å². The minimum absolute atomic E-state index is 0.0181.